The lowest BCUT2D eigenvalue weighted by atomic mass is 10.1. The minimum absolute atomic E-state index is 0.0757. The van der Waals surface area contributed by atoms with Crippen molar-refractivity contribution in [1.82, 2.24) is 0 Å². The number of unbranched alkanes of at least 4 members (excludes halogenated alkanes) is 11. The van der Waals surface area contributed by atoms with E-state index in [1.807, 2.05) is 0 Å². The van der Waals surface area contributed by atoms with Crippen molar-refractivity contribution < 1.29 is 24.2 Å². The standard InChI is InChI=1S/C43H70O5/c1-3-5-7-9-10-11-12-13-14-15-16-17-18-19-20-21-22-23-24-25-26-27-28-29-30-31-32-34-36-38-43(46)48-41(39-44)40-47-42(45)37-35-33-8-6-4-2/h5,7,10-11,13-14,16-17,19-20,22-23,25-26,41,44H,3-4,6,8-9,12,15,18,21,24,27-40H2,1-2H3/b7-5-,11-10-,14-13-,17-16-,20-19-,23-22-,26-25-. The highest BCUT2D eigenvalue weighted by Crippen LogP contribution is 2.12. The van der Waals surface area contributed by atoms with E-state index in [2.05, 4.69) is 98.9 Å². The third-order valence-corrected chi connectivity index (χ3v) is 7.70. The summed E-state index contributed by atoms with van der Waals surface area (Å²) in [5, 5.41) is 9.46. The van der Waals surface area contributed by atoms with Gasteiger partial charge >= 0.3 is 11.9 Å². The number of hydrogen-bond acceptors (Lipinski definition) is 5. The highest BCUT2D eigenvalue weighted by Gasteiger charge is 2.16. The average molecular weight is 667 g/mol. The van der Waals surface area contributed by atoms with E-state index in [1.165, 1.54) is 38.5 Å². The molecule has 0 aliphatic carbocycles. The summed E-state index contributed by atoms with van der Waals surface area (Å²) in [7, 11) is 0. The minimum atomic E-state index is -0.777. The largest absolute Gasteiger partial charge is 0.462 e. The van der Waals surface area contributed by atoms with Crippen molar-refractivity contribution in [2.24, 2.45) is 0 Å². The molecule has 0 aliphatic heterocycles. The van der Waals surface area contributed by atoms with Gasteiger partial charge in [0, 0.05) is 12.8 Å². The molecule has 0 fully saturated rings. The number of carbonyl (C=O) groups excluding carboxylic acids is 2. The lowest BCUT2D eigenvalue weighted by Crippen LogP contribution is -2.28. The summed E-state index contributed by atoms with van der Waals surface area (Å²) in [4.78, 5) is 23.9. The highest BCUT2D eigenvalue weighted by molar-refractivity contribution is 5.70. The smallest absolute Gasteiger partial charge is 0.306 e. The van der Waals surface area contributed by atoms with Gasteiger partial charge in [0.25, 0.3) is 0 Å². The van der Waals surface area contributed by atoms with E-state index in [4.69, 9.17) is 9.47 Å². The first-order valence-corrected chi connectivity index (χ1v) is 19.1. The molecule has 0 amide bonds. The fourth-order valence-corrected chi connectivity index (χ4v) is 4.83. The van der Waals surface area contributed by atoms with Crippen LogP contribution in [0.2, 0.25) is 0 Å². The molecule has 0 spiro atoms. The summed E-state index contributed by atoms with van der Waals surface area (Å²) in [5.41, 5.74) is 0. The molecule has 5 nitrogen and oxygen atoms in total. The van der Waals surface area contributed by atoms with Crippen molar-refractivity contribution in [2.45, 2.75) is 161 Å². The van der Waals surface area contributed by atoms with E-state index in [9.17, 15) is 14.7 Å². The van der Waals surface area contributed by atoms with Crippen molar-refractivity contribution in [3.05, 3.63) is 85.1 Å². The van der Waals surface area contributed by atoms with Crippen LogP contribution in [0.15, 0.2) is 85.1 Å². The number of aliphatic hydroxyl groups is 1. The number of rotatable bonds is 33. The van der Waals surface area contributed by atoms with E-state index in [0.29, 0.717) is 12.8 Å². The van der Waals surface area contributed by atoms with E-state index in [1.54, 1.807) is 0 Å². The van der Waals surface area contributed by atoms with Crippen LogP contribution in [0.3, 0.4) is 0 Å². The number of carbonyl (C=O) groups is 2. The molecule has 0 rings (SSSR count). The van der Waals surface area contributed by atoms with E-state index in [-0.39, 0.29) is 25.2 Å². The first-order chi connectivity index (χ1) is 23.6. The summed E-state index contributed by atoms with van der Waals surface area (Å²) in [6.45, 7) is 3.90. The summed E-state index contributed by atoms with van der Waals surface area (Å²) >= 11 is 0. The molecule has 0 aromatic heterocycles. The second-order valence-corrected chi connectivity index (χ2v) is 12.3. The first kappa shape index (κ1) is 45.1. The van der Waals surface area contributed by atoms with Gasteiger partial charge in [0.05, 0.1) is 6.61 Å². The molecular formula is C43H70O5. The Hall–Kier alpha value is -2.92. The van der Waals surface area contributed by atoms with Crippen LogP contribution in [-0.4, -0.2) is 36.4 Å². The molecule has 48 heavy (non-hydrogen) atoms. The van der Waals surface area contributed by atoms with E-state index >= 15 is 0 Å². The van der Waals surface area contributed by atoms with Crippen LogP contribution in [-0.2, 0) is 19.1 Å². The maximum absolute atomic E-state index is 12.1. The summed E-state index contributed by atoms with van der Waals surface area (Å²) in [5.74, 6) is -0.626. The van der Waals surface area contributed by atoms with E-state index in [0.717, 1.165) is 89.9 Å². The van der Waals surface area contributed by atoms with Gasteiger partial charge < -0.3 is 14.6 Å². The number of aliphatic hydroxyl groups excluding tert-OH is 1. The number of allylic oxidation sites excluding steroid dienone is 14. The second kappa shape index (κ2) is 38.5. The zero-order valence-electron chi connectivity index (χ0n) is 30.7. The van der Waals surface area contributed by atoms with Gasteiger partial charge in [-0.3, -0.25) is 9.59 Å². The van der Waals surface area contributed by atoms with Crippen molar-refractivity contribution in [1.29, 1.82) is 0 Å². The van der Waals surface area contributed by atoms with Crippen LogP contribution < -0.4 is 0 Å². The van der Waals surface area contributed by atoms with Gasteiger partial charge in [0.15, 0.2) is 6.10 Å². The average Bonchev–Trinajstić information content (AvgIpc) is 3.09. The SMILES string of the molecule is CC/C=C\C/C=C\C/C=C\C/C=C\C/C=C\C/C=C\C/C=C\CCCCCCCCCC(=O)OC(CO)COC(=O)CCCCCCC. The number of ether oxygens (including phenoxy) is 2. The fraction of sp³-hybridized carbons (Fsp3) is 0.628. The molecule has 1 atom stereocenters. The molecule has 0 aromatic carbocycles. The molecule has 0 radical (unpaired) electrons. The maximum Gasteiger partial charge on any atom is 0.306 e. The predicted molar refractivity (Wildman–Crippen MR) is 205 cm³/mol. The lowest BCUT2D eigenvalue weighted by Gasteiger charge is -2.15. The van der Waals surface area contributed by atoms with Crippen LogP contribution in [0.4, 0.5) is 0 Å². The molecule has 0 aromatic rings. The molecule has 1 N–H and O–H groups in total. The number of hydrogen-bond donors (Lipinski definition) is 1. The Morgan fingerprint density at radius 2 is 0.896 bits per heavy atom. The van der Waals surface area contributed by atoms with Crippen LogP contribution in [0.25, 0.3) is 0 Å². The minimum Gasteiger partial charge on any atom is -0.462 e. The van der Waals surface area contributed by atoms with Crippen LogP contribution in [0, 0.1) is 0 Å². The van der Waals surface area contributed by atoms with Crippen LogP contribution in [0.1, 0.15) is 155 Å². The molecule has 0 saturated carbocycles. The Bertz CT molecular complexity index is 937. The first-order valence-electron chi connectivity index (χ1n) is 19.1. The lowest BCUT2D eigenvalue weighted by molar-refractivity contribution is -0.161. The van der Waals surface area contributed by atoms with Gasteiger partial charge in [-0.05, 0) is 70.6 Å². The predicted octanol–water partition coefficient (Wildman–Crippen LogP) is 11.9. The fourth-order valence-electron chi connectivity index (χ4n) is 4.83. The Morgan fingerprint density at radius 3 is 1.35 bits per heavy atom. The molecule has 0 heterocycles. The van der Waals surface area contributed by atoms with Gasteiger partial charge in [-0.2, -0.15) is 0 Å². The Kier molecular flexibility index (Phi) is 36.2. The Morgan fingerprint density at radius 1 is 0.500 bits per heavy atom. The third-order valence-electron chi connectivity index (χ3n) is 7.70. The topological polar surface area (TPSA) is 72.8 Å². The van der Waals surface area contributed by atoms with Crippen molar-refractivity contribution in [2.75, 3.05) is 13.2 Å². The van der Waals surface area contributed by atoms with Gasteiger partial charge in [-0.15, -0.1) is 0 Å². The van der Waals surface area contributed by atoms with Crippen molar-refractivity contribution >= 4 is 11.9 Å². The Balaban J connectivity index is 3.60. The molecule has 1 unspecified atom stereocenters. The van der Waals surface area contributed by atoms with Crippen molar-refractivity contribution in [3.63, 3.8) is 0 Å². The Labute approximate surface area is 295 Å². The summed E-state index contributed by atoms with van der Waals surface area (Å²) in [6, 6.07) is 0. The molecule has 5 heteroatoms. The van der Waals surface area contributed by atoms with Crippen LogP contribution in [0.5, 0.6) is 0 Å². The highest BCUT2D eigenvalue weighted by atomic mass is 16.6. The summed E-state index contributed by atoms with van der Waals surface area (Å²) in [6.07, 6.45) is 52.5. The monoisotopic (exact) mass is 667 g/mol. The molecule has 0 aliphatic rings. The molecule has 0 saturated heterocycles. The normalized spacial score (nSPS) is 13.1. The summed E-state index contributed by atoms with van der Waals surface area (Å²) < 4.78 is 10.5. The van der Waals surface area contributed by atoms with Crippen molar-refractivity contribution in [3.8, 4) is 0 Å². The quantitative estimate of drug-likeness (QED) is 0.0429. The second-order valence-electron chi connectivity index (χ2n) is 12.3. The molecular weight excluding hydrogens is 596 g/mol. The molecule has 272 valence electrons. The molecule has 0 bridgehead atoms. The van der Waals surface area contributed by atoms with Gasteiger partial charge in [-0.25, -0.2) is 0 Å². The van der Waals surface area contributed by atoms with E-state index < -0.39 is 6.10 Å². The van der Waals surface area contributed by atoms with Crippen LogP contribution >= 0.6 is 0 Å². The zero-order chi connectivity index (χ0) is 35.0. The van der Waals surface area contributed by atoms with Gasteiger partial charge in [0.2, 0.25) is 0 Å². The van der Waals surface area contributed by atoms with Gasteiger partial charge in [-0.1, -0.05) is 157 Å². The van der Waals surface area contributed by atoms with Gasteiger partial charge in [0.1, 0.15) is 6.61 Å². The number of esters is 2. The maximum atomic E-state index is 12.1. The third kappa shape index (κ3) is 35.9. The zero-order valence-corrected chi connectivity index (χ0v) is 30.7.